The largest absolute Gasteiger partial charge is 0.416 e. The van der Waals surface area contributed by atoms with E-state index in [0.717, 1.165) is 25.5 Å². The number of hydrogen-bond donors (Lipinski definition) is 1. The molecule has 21 heavy (non-hydrogen) atoms. The van der Waals surface area contributed by atoms with Crippen LogP contribution in [0.4, 0.5) is 13.2 Å². The molecule has 0 aromatic heterocycles. The summed E-state index contributed by atoms with van der Waals surface area (Å²) in [5, 5.41) is 3.14. The van der Waals surface area contributed by atoms with Crippen LogP contribution >= 0.6 is 0 Å². The monoisotopic (exact) mass is 297 g/mol. The smallest absolute Gasteiger partial charge is 0.316 e. The molecule has 1 aliphatic rings. The van der Waals surface area contributed by atoms with E-state index in [2.05, 4.69) is 5.32 Å². The molecule has 0 aliphatic heterocycles. The molecule has 1 aromatic carbocycles. The first kappa shape index (κ1) is 16.1. The van der Waals surface area contributed by atoms with Gasteiger partial charge in [0, 0.05) is 6.54 Å². The van der Waals surface area contributed by atoms with Crippen molar-refractivity contribution in [2.24, 2.45) is 5.92 Å². The normalized spacial score (nSPS) is 18.0. The molecule has 0 heterocycles. The van der Waals surface area contributed by atoms with Crippen LogP contribution in [0.3, 0.4) is 0 Å². The minimum atomic E-state index is -4.28. The Morgan fingerprint density at radius 3 is 2.57 bits per heavy atom. The Kier molecular flexibility index (Phi) is 5.45. The van der Waals surface area contributed by atoms with E-state index in [9.17, 15) is 13.2 Å². The average molecular weight is 297 g/mol. The fourth-order valence-corrected chi connectivity index (χ4v) is 3.01. The molecule has 0 radical (unpaired) electrons. The Labute approximate surface area is 124 Å². The van der Waals surface area contributed by atoms with Crippen molar-refractivity contribution in [2.75, 3.05) is 13.6 Å². The van der Waals surface area contributed by atoms with Gasteiger partial charge in [0.15, 0.2) is 0 Å². The summed E-state index contributed by atoms with van der Waals surface area (Å²) in [6.07, 6.45) is 3.65. The van der Waals surface area contributed by atoms with Crippen molar-refractivity contribution in [2.45, 2.75) is 38.3 Å². The molecule has 1 saturated carbocycles. The van der Waals surface area contributed by atoms with Crippen LogP contribution < -0.4 is 5.32 Å². The van der Waals surface area contributed by atoms with Crippen LogP contribution in [0.15, 0.2) is 29.8 Å². The van der Waals surface area contributed by atoms with Crippen LogP contribution in [0.5, 0.6) is 0 Å². The van der Waals surface area contributed by atoms with Crippen molar-refractivity contribution >= 4 is 6.08 Å². The zero-order valence-corrected chi connectivity index (χ0v) is 12.3. The van der Waals surface area contributed by atoms with E-state index >= 15 is 0 Å². The molecule has 1 aromatic rings. The van der Waals surface area contributed by atoms with Gasteiger partial charge in [-0.05, 0) is 43.5 Å². The molecule has 0 bridgehead atoms. The summed E-state index contributed by atoms with van der Waals surface area (Å²) >= 11 is 0. The molecular weight excluding hydrogens is 275 g/mol. The second-order valence-electron chi connectivity index (χ2n) is 5.71. The number of alkyl halides is 3. The Hall–Kier alpha value is -1.29. The summed E-state index contributed by atoms with van der Waals surface area (Å²) in [6, 6.07) is 5.58. The summed E-state index contributed by atoms with van der Waals surface area (Å²) < 4.78 is 38.3. The molecular formula is C17H22F3N. The third-order valence-electron chi connectivity index (χ3n) is 4.08. The van der Waals surface area contributed by atoms with Gasteiger partial charge in [-0.1, -0.05) is 43.0 Å². The quantitative estimate of drug-likeness (QED) is 0.834. The van der Waals surface area contributed by atoms with Crippen molar-refractivity contribution in [3.8, 4) is 0 Å². The molecule has 0 amide bonds. The lowest BCUT2D eigenvalue weighted by atomic mass is 9.83. The zero-order valence-electron chi connectivity index (χ0n) is 12.3. The van der Waals surface area contributed by atoms with Gasteiger partial charge >= 0.3 is 6.18 Å². The average Bonchev–Trinajstić information content (AvgIpc) is 2.47. The lowest BCUT2D eigenvalue weighted by Gasteiger charge is -2.24. The van der Waals surface area contributed by atoms with Gasteiger partial charge in [0.25, 0.3) is 0 Å². The Morgan fingerprint density at radius 2 is 1.95 bits per heavy atom. The van der Waals surface area contributed by atoms with Gasteiger partial charge < -0.3 is 5.32 Å². The van der Waals surface area contributed by atoms with Crippen molar-refractivity contribution in [3.05, 3.63) is 41.0 Å². The van der Waals surface area contributed by atoms with E-state index in [4.69, 9.17) is 0 Å². The SMILES string of the molecule is CNC/C(=C/c1cccc(C(F)(F)F)c1)C1CCCCC1. The highest BCUT2D eigenvalue weighted by molar-refractivity contribution is 5.55. The maximum atomic E-state index is 12.8. The highest BCUT2D eigenvalue weighted by Gasteiger charge is 2.30. The highest BCUT2D eigenvalue weighted by Crippen LogP contribution is 2.32. The van der Waals surface area contributed by atoms with Crippen LogP contribution in [-0.4, -0.2) is 13.6 Å². The lowest BCUT2D eigenvalue weighted by molar-refractivity contribution is -0.137. The maximum Gasteiger partial charge on any atom is 0.416 e. The van der Waals surface area contributed by atoms with Crippen molar-refractivity contribution in [3.63, 3.8) is 0 Å². The predicted molar refractivity (Wildman–Crippen MR) is 79.9 cm³/mol. The first-order valence-electron chi connectivity index (χ1n) is 7.53. The van der Waals surface area contributed by atoms with E-state index in [-0.39, 0.29) is 0 Å². The Morgan fingerprint density at radius 1 is 1.24 bits per heavy atom. The maximum absolute atomic E-state index is 12.8. The Balaban J connectivity index is 2.24. The summed E-state index contributed by atoms with van der Waals surface area (Å²) in [4.78, 5) is 0. The van der Waals surface area contributed by atoms with E-state index in [1.54, 1.807) is 6.07 Å². The molecule has 1 fully saturated rings. The van der Waals surface area contributed by atoms with Crippen LogP contribution in [0.1, 0.15) is 43.2 Å². The molecule has 4 heteroatoms. The molecule has 1 aliphatic carbocycles. The first-order chi connectivity index (χ1) is 10.0. The molecule has 0 unspecified atom stereocenters. The molecule has 0 saturated heterocycles. The number of halogens is 3. The van der Waals surface area contributed by atoms with Crippen LogP contribution in [0.2, 0.25) is 0 Å². The number of likely N-dealkylation sites (N-methyl/N-ethyl adjacent to an activating group) is 1. The van der Waals surface area contributed by atoms with Crippen LogP contribution in [0.25, 0.3) is 6.08 Å². The number of benzene rings is 1. The van der Waals surface area contributed by atoms with Gasteiger partial charge in [0.2, 0.25) is 0 Å². The number of rotatable bonds is 4. The second-order valence-corrected chi connectivity index (χ2v) is 5.71. The number of hydrogen-bond acceptors (Lipinski definition) is 1. The van der Waals surface area contributed by atoms with E-state index < -0.39 is 11.7 Å². The minimum absolute atomic E-state index is 0.501. The summed E-state index contributed by atoms with van der Waals surface area (Å²) in [6.45, 7) is 0.737. The molecule has 2 rings (SSSR count). The van der Waals surface area contributed by atoms with E-state index in [1.165, 1.54) is 37.0 Å². The summed E-state index contributed by atoms with van der Waals surface area (Å²) in [5.74, 6) is 0.501. The van der Waals surface area contributed by atoms with Gasteiger partial charge in [-0.2, -0.15) is 13.2 Å². The lowest BCUT2D eigenvalue weighted by Crippen LogP contribution is -2.19. The van der Waals surface area contributed by atoms with Gasteiger partial charge in [-0.3, -0.25) is 0 Å². The van der Waals surface area contributed by atoms with Gasteiger partial charge in [-0.25, -0.2) is 0 Å². The molecule has 116 valence electrons. The molecule has 0 atom stereocenters. The fourth-order valence-electron chi connectivity index (χ4n) is 3.01. The van der Waals surface area contributed by atoms with Crippen LogP contribution in [-0.2, 0) is 6.18 Å². The number of nitrogens with one attached hydrogen (secondary N) is 1. The third-order valence-corrected chi connectivity index (χ3v) is 4.08. The summed E-state index contributed by atoms with van der Waals surface area (Å²) in [7, 11) is 1.88. The van der Waals surface area contributed by atoms with Crippen LogP contribution in [0, 0.1) is 5.92 Å². The van der Waals surface area contributed by atoms with Crippen molar-refractivity contribution in [1.29, 1.82) is 0 Å². The second kappa shape index (κ2) is 7.12. The standard InChI is InChI=1S/C17H22F3N/c1-21-12-15(14-7-3-2-4-8-14)10-13-6-5-9-16(11-13)17(18,19)20/h5-6,9-11,14,21H,2-4,7-8,12H2,1H3/b15-10-. The predicted octanol–water partition coefficient (Wildman–Crippen LogP) is 4.89. The van der Waals surface area contributed by atoms with Gasteiger partial charge in [0.05, 0.1) is 5.56 Å². The van der Waals surface area contributed by atoms with Gasteiger partial charge in [-0.15, -0.1) is 0 Å². The molecule has 1 nitrogen and oxygen atoms in total. The fraction of sp³-hybridized carbons (Fsp3) is 0.529. The zero-order chi connectivity index (χ0) is 15.3. The van der Waals surface area contributed by atoms with Gasteiger partial charge in [0.1, 0.15) is 0 Å². The first-order valence-corrected chi connectivity index (χ1v) is 7.53. The molecule has 1 N–H and O–H groups in total. The summed E-state index contributed by atoms with van der Waals surface area (Å²) in [5.41, 5.74) is 1.28. The minimum Gasteiger partial charge on any atom is -0.316 e. The van der Waals surface area contributed by atoms with Crippen molar-refractivity contribution < 1.29 is 13.2 Å². The Bertz CT molecular complexity index is 485. The molecule has 0 spiro atoms. The third kappa shape index (κ3) is 4.60. The van der Waals surface area contributed by atoms with E-state index in [1.807, 2.05) is 13.1 Å². The topological polar surface area (TPSA) is 12.0 Å². The van der Waals surface area contributed by atoms with E-state index in [0.29, 0.717) is 11.5 Å². The highest BCUT2D eigenvalue weighted by atomic mass is 19.4. The van der Waals surface area contributed by atoms with Crippen molar-refractivity contribution in [1.82, 2.24) is 5.32 Å².